The molecule has 7 nitrogen and oxygen atoms in total. The van der Waals surface area contributed by atoms with Crippen LogP contribution < -0.4 is 10.5 Å². The average molecular weight is 494 g/mol. The summed E-state index contributed by atoms with van der Waals surface area (Å²) in [7, 11) is 0. The van der Waals surface area contributed by atoms with Gasteiger partial charge in [0.15, 0.2) is 0 Å². The zero-order valence-electron chi connectivity index (χ0n) is 19.5. The van der Waals surface area contributed by atoms with Crippen molar-refractivity contribution in [3.8, 4) is 11.1 Å². The van der Waals surface area contributed by atoms with Gasteiger partial charge in [-0.05, 0) is 51.0 Å². The normalized spacial score (nSPS) is 18.4. The number of rotatable bonds is 4. The molecule has 3 aromatic heterocycles. The fourth-order valence-electron chi connectivity index (χ4n) is 4.64. The molecule has 1 aromatic carbocycles. The lowest BCUT2D eigenvalue weighted by Gasteiger charge is -2.34. The molecule has 180 valence electrons. The summed E-state index contributed by atoms with van der Waals surface area (Å²) in [5, 5.41) is 4.82. The number of halogens is 2. The van der Waals surface area contributed by atoms with E-state index in [0.717, 1.165) is 11.3 Å². The number of pyridine rings is 1. The minimum Gasteiger partial charge on any atom is -0.370 e. The van der Waals surface area contributed by atoms with Gasteiger partial charge in [0.1, 0.15) is 17.6 Å². The Morgan fingerprint density at radius 2 is 1.97 bits per heavy atom. The molecular formula is C26H25ClFN5O2. The Kier molecular flexibility index (Phi) is 5.38. The summed E-state index contributed by atoms with van der Waals surface area (Å²) in [6.45, 7) is 5.32. The van der Waals surface area contributed by atoms with E-state index in [1.807, 2.05) is 16.9 Å². The quantitative estimate of drug-likeness (QED) is 0.405. The number of hydrogen-bond acceptors (Lipinski definition) is 5. The predicted molar refractivity (Wildman–Crippen MR) is 133 cm³/mol. The van der Waals surface area contributed by atoms with Gasteiger partial charge in [0.2, 0.25) is 0 Å². The van der Waals surface area contributed by atoms with Crippen LogP contribution in [0.15, 0.2) is 47.7 Å². The molecule has 2 aliphatic rings. The van der Waals surface area contributed by atoms with Gasteiger partial charge < -0.3 is 9.64 Å². The topological polar surface area (TPSA) is 64.7 Å². The van der Waals surface area contributed by atoms with E-state index in [4.69, 9.17) is 16.3 Å². The van der Waals surface area contributed by atoms with Gasteiger partial charge in [0.25, 0.3) is 5.56 Å². The second kappa shape index (κ2) is 8.46. The van der Waals surface area contributed by atoms with Gasteiger partial charge >= 0.3 is 0 Å². The number of aromatic nitrogens is 4. The molecule has 2 fully saturated rings. The smallest absolute Gasteiger partial charge is 0.261 e. The van der Waals surface area contributed by atoms with E-state index in [2.05, 4.69) is 21.2 Å². The van der Waals surface area contributed by atoms with Crippen molar-refractivity contribution in [2.24, 2.45) is 0 Å². The van der Waals surface area contributed by atoms with E-state index in [1.165, 1.54) is 23.3 Å². The monoisotopic (exact) mass is 493 g/mol. The highest BCUT2D eigenvalue weighted by atomic mass is 35.5. The first kappa shape index (κ1) is 22.2. The Labute approximate surface area is 206 Å². The van der Waals surface area contributed by atoms with Crippen molar-refractivity contribution < 1.29 is 9.13 Å². The summed E-state index contributed by atoms with van der Waals surface area (Å²) in [6, 6.07) is 6.96. The second-order valence-corrected chi connectivity index (χ2v) is 9.78. The van der Waals surface area contributed by atoms with Gasteiger partial charge in [-0.1, -0.05) is 11.6 Å². The number of nitrogens with zero attached hydrogens (tertiary/aromatic N) is 5. The molecular weight excluding hydrogens is 469 g/mol. The van der Waals surface area contributed by atoms with Crippen LogP contribution in [0.3, 0.4) is 0 Å². The van der Waals surface area contributed by atoms with Crippen LogP contribution >= 0.6 is 11.6 Å². The molecule has 0 bridgehead atoms. The van der Waals surface area contributed by atoms with Crippen molar-refractivity contribution in [2.45, 2.75) is 38.8 Å². The molecule has 1 saturated heterocycles. The molecule has 0 N–H and O–H groups in total. The van der Waals surface area contributed by atoms with Crippen LogP contribution in [0.5, 0.6) is 0 Å². The third-order valence-corrected chi connectivity index (χ3v) is 7.18. The lowest BCUT2D eigenvalue weighted by Crippen LogP contribution is -2.38. The molecule has 35 heavy (non-hydrogen) atoms. The van der Waals surface area contributed by atoms with Crippen molar-refractivity contribution in [2.75, 3.05) is 24.6 Å². The van der Waals surface area contributed by atoms with Crippen LogP contribution in [0, 0.1) is 19.7 Å². The zero-order valence-corrected chi connectivity index (χ0v) is 20.3. The first-order valence-electron chi connectivity index (χ1n) is 11.8. The molecule has 4 aromatic rings. The van der Waals surface area contributed by atoms with Gasteiger partial charge in [-0.3, -0.25) is 13.9 Å². The van der Waals surface area contributed by atoms with Crippen LogP contribution in [0.4, 0.5) is 10.1 Å². The summed E-state index contributed by atoms with van der Waals surface area (Å²) < 4.78 is 24.6. The summed E-state index contributed by atoms with van der Waals surface area (Å²) in [5.41, 5.74) is 4.17. The maximum absolute atomic E-state index is 15.0. The number of ether oxygens (including phenoxy) is 1. The Balaban J connectivity index is 1.45. The van der Waals surface area contributed by atoms with Gasteiger partial charge in [0.05, 0.1) is 24.5 Å². The number of anilines is 1. The molecule has 4 heterocycles. The highest BCUT2D eigenvalue weighted by molar-refractivity contribution is 6.30. The first-order valence-corrected chi connectivity index (χ1v) is 12.2. The summed E-state index contributed by atoms with van der Waals surface area (Å²) in [5.74, 6) is -0.462. The third-order valence-electron chi connectivity index (χ3n) is 6.95. The van der Waals surface area contributed by atoms with Crippen molar-refractivity contribution in [3.05, 3.63) is 80.9 Å². The van der Waals surface area contributed by atoms with Crippen LogP contribution in [0.2, 0.25) is 5.02 Å². The maximum atomic E-state index is 15.0. The van der Waals surface area contributed by atoms with Gasteiger partial charge in [-0.15, -0.1) is 0 Å². The Morgan fingerprint density at radius 1 is 1.14 bits per heavy atom. The molecule has 9 heteroatoms. The second-order valence-electron chi connectivity index (χ2n) is 9.35. The first-order chi connectivity index (χ1) is 16.9. The van der Waals surface area contributed by atoms with Gasteiger partial charge in [-0.25, -0.2) is 9.37 Å². The minimum atomic E-state index is -0.462. The van der Waals surface area contributed by atoms with E-state index in [-0.39, 0.29) is 11.7 Å². The summed E-state index contributed by atoms with van der Waals surface area (Å²) >= 11 is 6.01. The standard InChI is InChI=1S/C26H25ClFN5O2/c1-15-16(2)30-25-22(21-6-3-18(27)9-23(21)28)10-20(13-32(25)26(15)34)31-7-8-35-24(14-31)17-11-29-33(12-17)19-4-5-19/h3,6,9-13,19,24H,4-5,7-8,14H2,1-2H3/t24-/m0/s1. The minimum absolute atomic E-state index is 0.141. The van der Waals surface area contributed by atoms with E-state index in [1.54, 1.807) is 32.2 Å². The third kappa shape index (κ3) is 4.00. The number of morpholine rings is 1. The van der Waals surface area contributed by atoms with Crippen molar-refractivity contribution in [3.63, 3.8) is 0 Å². The zero-order chi connectivity index (χ0) is 24.3. The van der Waals surface area contributed by atoms with E-state index >= 15 is 4.39 Å². The number of aryl methyl sites for hydroxylation is 1. The van der Waals surface area contributed by atoms with Crippen molar-refractivity contribution in [1.29, 1.82) is 0 Å². The van der Waals surface area contributed by atoms with Gasteiger partial charge in [0, 0.05) is 58.5 Å². The molecule has 6 rings (SSSR count). The number of benzene rings is 1. The van der Waals surface area contributed by atoms with Crippen LogP contribution in [0.1, 0.15) is 41.8 Å². The molecule has 1 atom stereocenters. The summed E-state index contributed by atoms with van der Waals surface area (Å²) in [4.78, 5) is 20.0. The molecule has 0 radical (unpaired) electrons. The Bertz CT molecular complexity index is 1510. The highest BCUT2D eigenvalue weighted by Crippen LogP contribution is 2.36. The fourth-order valence-corrected chi connectivity index (χ4v) is 4.80. The Hall–Kier alpha value is -3.23. The SMILES string of the molecule is Cc1nc2c(-c3ccc(Cl)cc3F)cc(N3CCO[C@H](c4cnn(C5CC5)c4)C3)cn2c(=O)c1C. The van der Waals surface area contributed by atoms with Crippen molar-refractivity contribution >= 4 is 22.9 Å². The van der Waals surface area contributed by atoms with E-state index < -0.39 is 5.82 Å². The molecule has 1 aliphatic heterocycles. The highest BCUT2D eigenvalue weighted by Gasteiger charge is 2.28. The van der Waals surface area contributed by atoms with Crippen LogP contribution in [0.25, 0.3) is 16.8 Å². The van der Waals surface area contributed by atoms with Crippen LogP contribution in [-0.2, 0) is 4.74 Å². The molecule has 1 saturated carbocycles. The maximum Gasteiger partial charge on any atom is 0.261 e. The van der Waals surface area contributed by atoms with Gasteiger partial charge in [-0.2, -0.15) is 5.10 Å². The van der Waals surface area contributed by atoms with E-state index in [9.17, 15) is 4.79 Å². The number of hydrogen-bond donors (Lipinski definition) is 0. The Morgan fingerprint density at radius 3 is 2.74 bits per heavy atom. The molecule has 0 spiro atoms. The molecule has 0 unspecified atom stereocenters. The largest absolute Gasteiger partial charge is 0.370 e. The molecule has 0 amide bonds. The van der Waals surface area contributed by atoms with Crippen LogP contribution in [-0.4, -0.2) is 38.9 Å². The number of fused-ring (bicyclic) bond motifs is 1. The average Bonchev–Trinajstić information content (AvgIpc) is 3.59. The van der Waals surface area contributed by atoms with E-state index in [0.29, 0.717) is 58.8 Å². The summed E-state index contributed by atoms with van der Waals surface area (Å²) in [6.07, 6.45) is 7.94. The molecule has 1 aliphatic carbocycles. The lowest BCUT2D eigenvalue weighted by atomic mass is 10.0. The fraction of sp³-hybridized carbons (Fsp3) is 0.346. The van der Waals surface area contributed by atoms with Crippen molar-refractivity contribution in [1.82, 2.24) is 19.2 Å². The lowest BCUT2D eigenvalue weighted by molar-refractivity contribution is 0.0397. The predicted octanol–water partition coefficient (Wildman–Crippen LogP) is 4.88.